The molecule has 6 aliphatic heterocycles. The molecule has 3 aliphatic carbocycles. The average Bonchev–Trinajstić information content (AvgIpc) is 1.16. The summed E-state index contributed by atoms with van der Waals surface area (Å²) in [6.45, 7) is 3.73. The normalized spacial score (nSPS) is 20.0. The Kier molecular flexibility index (Phi) is 22.4. The van der Waals surface area contributed by atoms with E-state index in [9.17, 15) is 66.0 Å². The minimum absolute atomic E-state index is 0.0440. The van der Waals surface area contributed by atoms with E-state index in [1.54, 1.807) is 54.6 Å². The van der Waals surface area contributed by atoms with Gasteiger partial charge in [0.2, 0.25) is 0 Å². The van der Waals surface area contributed by atoms with Crippen LogP contribution in [0.4, 0.5) is 77.5 Å². The molecule has 3 saturated heterocycles. The number of aromatic nitrogens is 3. The number of halogens is 6. The van der Waals surface area contributed by atoms with Crippen LogP contribution in [0.25, 0.3) is 0 Å². The van der Waals surface area contributed by atoms with E-state index in [2.05, 4.69) is 45.9 Å². The van der Waals surface area contributed by atoms with E-state index in [-0.39, 0.29) is 140 Å². The highest BCUT2D eigenvalue weighted by Gasteiger charge is 2.36. The van der Waals surface area contributed by atoms with Gasteiger partial charge in [0.05, 0.1) is 120 Å². The lowest BCUT2D eigenvalue weighted by atomic mass is 9.93. The second-order valence-electron chi connectivity index (χ2n) is 28.6. The zero-order chi connectivity index (χ0) is 74.2. The van der Waals surface area contributed by atoms with Crippen LogP contribution in [0.3, 0.4) is 0 Å². The molecule has 15 rings (SSSR count). The standard InChI is InChI=1S/3C25H27F2N3O4S/c3*1-35(32,33)23-9-15(16-3-2-8-34-13-16)6-7-18(23)29-19-10-17(11-22(31)14-4-5-14)28-20-12-21(25(26)27)30-24(19)20/h3*6-7,9-10,14,16,25H,2-5,8,11-13H2,1H3,(H,28,29)/t2*16-;/m10./s1. The summed E-state index contributed by atoms with van der Waals surface area (Å²) in [7, 11) is -10.8. The zero-order valence-corrected chi connectivity index (χ0v) is 60.6. The number of anilines is 6. The number of benzene rings is 3. The molecular formula is C75H81F6N9O12S3. The lowest BCUT2D eigenvalue weighted by Crippen LogP contribution is -2.16. The molecular weight excluding hydrogens is 1430 g/mol. The van der Waals surface area contributed by atoms with E-state index in [1.807, 2.05) is 18.2 Å². The Morgan fingerprint density at radius 1 is 0.400 bits per heavy atom. The number of ketones is 3. The maximum atomic E-state index is 13.4. The molecule has 3 N–H and O–H groups in total. The molecule has 3 aromatic carbocycles. The molecule has 6 aromatic rings. The van der Waals surface area contributed by atoms with E-state index in [0.717, 1.165) is 113 Å². The Morgan fingerprint density at radius 2 is 0.667 bits per heavy atom. The van der Waals surface area contributed by atoms with Crippen molar-refractivity contribution in [1.29, 1.82) is 0 Å². The number of carbonyl (C=O) groups is 3. The van der Waals surface area contributed by atoms with Gasteiger partial charge in [0, 0.05) is 113 Å². The molecule has 3 atom stereocenters. The molecule has 0 spiro atoms. The number of hydrogen-bond donors (Lipinski definition) is 3. The van der Waals surface area contributed by atoms with Crippen LogP contribution in [0, 0.1) is 17.8 Å². The fraction of sp³-hybridized carbons (Fsp3) is 0.480. The molecule has 30 heteroatoms. The number of sulfone groups is 3. The van der Waals surface area contributed by atoms with E-state index in [0.29, 0.717) is 108 Å². The summed E-state index contributed by atoms with van der Waals surface area (Å²) in [6.07, 6.45) is 5.91. The number of Topliss-reactive ketones (excluding diaryl/α,β-unsaturated/α-hetero) is 3. The van der Waals surface area contributed by atoms with Crippen LogP contribution in [0.15, 0.2) is 102 Å². The Labute approximate surface area is 605 Å². The smallest absolute Gasteiger partial charge is 0.277 e. The van der Waals surface area contributed by atoms with Crippen molar-refractivity contribution in [2.24, 2.45) is 32.7 Å². The van der Waals surface area contributed by atoms with Crippen LogP contribution in [-0.4, -0.2) is 152 Å². The fourth-order valence-corrected chi connectivity index (χ4v) is 16.5. The highest BCUT2D eigenvalue weighted by molar-refractivity contribution is 7.91. The molecule has 3 saturated carbocycles. The number of ether oxygens (including phenoxy) is 3. The first-order valence-corrected chi connectivity index (χ1v) is 41.0. The number of hydrogen-bond acceptors (Lipinski definition) is 21. The van der Waals surface area contributed by atoms with Crippen LogP contribution < -0.4 is 16.0 Å². The van der Waals surface area contributed by atoms with Crippen molar-refractivity contribution in [3.05, 3.63) is 124 Å². The predicted octanol–water partition coefficient (Wildman–Crippen LogP) is 13.6. The molecule has 21 nitrogen and oxygen atoms in total. The van der Waals surface area contributed by atoms with Crippen LogP contribution >= 0.6 is 0 Å². The zero-order valence-electron chi connectivity index (χ0n) is 58.2. The fourth-order valence-electron chi connectivity index (χ4n) is 13.9. The number of fused-ring (bicyclic) bond motifs is 3. The first-order chi connectivity index (χ1) is 50.1. The van der Waals surface area contributed by atoms with Crippen molar-refractivity contribution in [1.82, 2.24) is 15.0 Å². The third-order valence-corrected chi connectivity index (χ3v) is 23.4. The molecule has 9 aliphatic rings. The highest BCUT2D eigenvalue weighted by Crippen LogP contribution is 2.45. The summed E-state index contributed by atoms with van der Waals surface area (Å²) >= 11 is 0. The Balaban J connectivity index is 0.000000140. The quantitative estimate of drug-likeness (QED) is 0.0474. The molecule has 0 amide bonds. The molecule has 6 fully saturated rings. The van der Waals surface area contributed by atoms with Gasteiger partial charge in [-0.25, -0.2) is 66.6 Å². The van der Waals surface area contributed by atoms with Crippen LogP contribution in [0.1, 0.15) is 146 Å². The largest absolute Gasteiger partial charge is 0.381 e. The van der Waals surface area contributed by atoms with E-state index < -0.39 is 48.8 Å². The van der Waals surface area contributed by atoms with Gasteiger partial charge < -0.3 is 30.2 Å². The molecule has 105 heavy (non-hydrogen) atoms. The Hall–Kier alpha value is -8.16. The van der Waals surface area contributed by atoms with Gasteiger partial charge in [-0.05, 0) is 148 Å². The number of pyridine rings is 3. The number of alkyl halides is 6. The van der Waals surface area contributed by atoms with Gasteiger partial charge in [0.15, 0.2) is 29.5 Å². The van der Waals surface area contributed by atoms with Crippen LogP contribution in [-0.2, 0) is 96.6 Å². The van der Waals surface area contributed by atoms with Crippen molar-refractivity contribution < 1.29 is 80.2 Å². The predicted molar refractivity (Wildman–Crippen MR) is 384 cm³/mol. The first kappa shape index (κ1) is 75.1. The molecule has 1 unspecified atom stereocenters. The minimum atomic E-state index is -3.61. The summed E-state index contributed by atoms with van der Waals surface area (Å²) in [4.78, 5) is 63.1. The van der Waals surface area contributed by atoms with Gasteiger partial charge in [0.25, 0.3) is 19.3 Å². The Bertz CT molecular complexity index is 4380. The molecule has 9 heterocycles. The third kappa shape index (κ3) is 18.5. The van der Waals surface area contributed by atoms with Crippen molar-refractivity contribution in [3.63, 3.8) is 0 Å². The van der Waals surface area contributed by atoms with Crippen LogP contribution in [0.2, 0.25) is 0 Å². The molecule has 558 valence electrons. The van der Waals surface area contributed by atoms with Crippen LogP contribution in [0.5, 0.6) is 0 Å². The molecule has 0 bridgehead atoms. The maximum Gasteiger partial charge on any atom is 0.277 e. The average molecular weight is 1510 g/mol. The highest BCUT2D eigenvalue weighted by atomic mass is 32.2. The topological polar surface area (TPSA) is 293 Å². The summed E-state index contributed by atoms with van der Waals surface area (Å²) in [5.74, 6) is 0.699. The number of rotatable bonds is 24. The van der Waals surface area contributed by atoms with Crippen molar-refractivity contribution in [3.8, 4) is 0 Å². The second kappa shape index (κ2) is 31.3. The van der Waals surface area contributed by atoms with Crippen molar-refractivity contribution in [2.45, 2.75) is 167 Å². The summed E-state index contributed by atoms with van der Waals surface area (Å²) in [5.41, 5.74) is 7.05. The molecule has 0 radical (unpaired) electrons. The first-order valence-electron chi connectivity index (χ1n) is 35.4. The number of nitrogens with zero attached hydrogens (tertiary/aromatic N) is 6. The number of nitrogens with one attached hydrogen (secondary N) is 3. The van der Waals surface area contributed by atoms with Gasteiger partial charge in [-0.2, -0.15) is 0 Å². The Morgan fingerprint density at radius 3 is 0.886 bits per heavy atom. The SMILES string of the molecule is CS(=O)(=O)c1cc(C2CCCOC2)ccc1Nc1cc(CC(=O)C2CC2)nc2c1N=C(C(F)F)C2.CS(=O)(=O)c1cc([C@@H]2CCCOC2)ccc1Nc1cc(CC(=O)C2CC2)nc2c1N=C(C(F)F)C2.CS(=O)(=O)c1cc([C@H]2CCCOC2)ccc1Nc1cc(CC(=O)C2CC2)nc2c1N=C(C(F)F)C2. The number of carbonyl (C=O) groups excluding carboxylic acids is 3. The lowest BCUT2D eigenvalue weighted by molar-refractivity contribution is -0.120. The van der Waals surface area contributed by atoms with E-state index in [4.69, 9.17) is 14.2 Å². The van der Waals surface area contributed by atoms with Crippen molar-refractivity contribution in [2.75, 3.05) is 74.4 Å². The summed E-state index contributed by atoms with van der Waals surface area (Å²) < 4.78 is 173. The van der Waals surface area contributed by atoms with Gasteiger partial charge >= 0.3 is 0 Å². The second-order valence-corrected chi connectivity index (χ2v) is 34.5. The minimum Gasteiger partial charge on any atom is -0.381 e. The van der Waals surface area contributed by atoms with Gasteiger partial charge in [-0.15, -0.1) is 0 Å². The van der Waals surface area contributed by atoms with Crippen molar-refractivity contribution >= 4 is 115 Å². The van der Waals surface area contributed by atoms with E-state index in [1.165, 1.54) is 0 Å². The van der Waals surface area contributed by atoms with Gasteiger partial charge in [-0.3, -0.25) is 29.3 Å². The number of aliphatic imine (C=N–C) groups is 3. The monoisotopic (exact) mass is 1510 g/mol. The lowest BCUT2D eigenvalue weighted by Gasteiger charge is -2.23. The van der Waals surface area contributed by atoms with Gasteiger partial charge in [0.1, 0.15) is 34.4 Å². The summed E-state index contributed by atoms with van der Waals surface area (Å²) in [6, 6.07) is 20.5. The maximum absolute atomic E-state index is 13.4. The van der Waals surface area contributed by atoms with E-state index >= 15 is 0 Å². The van der Waals surface area contributed by atoms with Gasteiger partial charge in [-0.1, -0.05) is 18.2 Å². The summed E-state index contributed by atoms with van der Waals surface area (Å²) in [5, 5.41) is 9.34. The third-order valence-electron chi connectivity index (χ3n) is 20.0. The molecule has 3 aromatic heterocycles.